The van der Waals surface area contributed by atoms with E-state index in [4.69, 9.17) is 0 Å². The smallest absolute Gasteiger partial charge is 0.270 e. The summed E-state index contributed by atoms with van der Waals surface area (Å²) in [7, 11) is 0. The van der Waals surface area contributed by atoms with Crippen molar-refractivity contribution in [1.29, 1.82) is 0 Å². The lowest BCUT2D eigenvalue weighted by Gasteiger charge is -2.30. The summed E-state index contributed by atoms with van der Waals surface area (Å²) in [5.74, 6) is -0.951. The fraction of sp³-hybridized carbons (Fsp3) is 0.292. The van der Waals surface area contributed by atoms with Gasteiger partial charge in [-0.3, -0.25) is 9.78 Å². The van der Waals surface area contributed by atoms with Gasteiger partial charge in [-0.2, -0.15) is 0 Å². The molecule has 0 bridgehead atoms. The average Bonchev–Trinajstić information content (AvgIpc) is 3.24. The maximum absolute atomic E-state index is 14.6. The Kier molecular flexibility index (Phi) is 5.87. The molecule has 5 rings (SSSR count). The van der Waals surface area contributed by atoms with E-state index < -0.39 is 11.6 Å². The summed E-state index contributed by atoms with van der Waals surface area (Å²) < 4.78 is 28.3. The number of anilines is 1. The number of nitrogens with one attached hydrogen (secondary N) is 3. The minimum atomic E-state index is -0.581. The summed E-state index contributed by atoms with van der Waals surface area (Å²) >= 11 is 0. The fourth-order valence-corrected chi connectivity index (χ4v) is 4.33. The first-order chi connectivity index (χ1) is 16.5. The maximum atomic E-state index is 14.6. The second kappa shape index (κ2) is 9.12. The molecule has 0 aliphatic heterocycles. The van der Waals surface area contributed by atoms with E-state index in [0.717, 1.165) is 37.2 Å². The second-order valence-corrected chi connectivity index (χ2v) is 8.54. The normalized spacial score (nSPS) is 18.1. The van der Waals surface area contributed by atoms with Crippen molar-refractivity contribution in [3.63, 3.8) is 0 Å². The van der Waals surface area contributed by atoms with Gasteiger partial charge >= 0.3 is 0 Å². The van der Waals surface area contributed by atoms with Gasteiger partial charge in [0.2, 0.25) is 0 Å². The highest BCUT2D eigenvalue weighted by Crippen LogP contribution is 2.28. The summed E-state index contributed by atoms with van der Waals surface area (Å²) in [5.41, 5.74) is 2.37. The quantitative estimate of drug-likeness (QED) is 0.410. The first-order valence-corrected chi connectivity index (χ1v) is 11.1. The molecule has 10 heteroatoms. The zero-order valence-electron chi connectivity index (χ0n) is 18.5. The van der Waals surface area contributed by atoms with Crippen LogP contribution in [0.25, 0.3) is 22.4 Å². The highest BCUT2D eigenvalue weighted by molar-refractivity contribution is 5.92. The molecule has 1 amide bonds. The summed E-state index contributed by atoms with van der Waals surface area (Å²) in [6.07, 6.45) is 8.60. The molecule has 0 aromatic carbocycles. The van der Waals surface area contributed by atoms with E-state index in [-0.39, 0.29) is 29.6 Å². The zero-order chi connectivity index (χ0) is 23.7. The molecule has 0 saturated heterocycles. The molecule has 3 N–H and O–H groups in total. The van der Waals surface area contributed by atoms with Crippen LogP contribution in [0.5, 0.6) is 0 Å². The number of hydrogen-bond acceptors (Lipinski definition) is 6. The number of carbonyl (C=O) groups excluding carboxylic acids is 1. The zero-order valence-corrected chi connectivity index (χ0v) is 18.5. The predicted molar refractivity (Wildman–Crippen MR) is 123 cm³/mol. The molecular weight excluding hydrogens is 440 g/mol. The molecule has 1 aliphatic carbocycles. The molecule has 0 radical (unpaired) electrons. The summed E-state index contributed by atoms with van der Waals surface area (Å²) in [4.78, 5) is 32.1. The van der Waals surface area contributed by atoms with Crippen molar-refractivity contribution < 1.29 is 13.6 Å². The minimum absolute atomic E-state index is 0.0619. The average molecular weight is 463 g/mol. The number of carbonyl (C=O) groups is 1. The molecule has 8 nitrogen and oxygen atoms in total. The van der Waals surface area contributed by atoms with Gasteiger partial charge in [-0.05, 0) is 56.4 Å². The first kappa shape index (κ1) is 21.9. The van der Waals surface area contributed by atoms with Crippen LogP contribution < -0.4 is 10.6 Å². The van der Waals surface area contributed by atoms with E-state index in [2.05, 4.69) is 35.6 Å². The van der Waals surface area contributed by atoms with Crippen molar-refractivity contribution in [2.24, 2.45) is 0 Å². The number of aromatic nitrogens is 5. The maximum Gasteiger partial charge on any atom is 0.270 e. The van der Waals surface area contributed by atoms with Gasteiger partial charge in [0.05, 0.1) is 12.4 Å². The lowest BCUT2D eigenvalue weighted by molar-refractivity contribution is 0.0921. The number of H-pyrrole nitrogens is 1. The third-order valence-corrected chi connectivity index (χ3v) is 5.98. The Hall–Kier alpha value is -3.95. The van der Waals surface area contributed by atoms with Gasteiger partial charge < -0.3 is 15.6 Å². The molecule has 1 aliphatic rings. The topological polar surface area (TPSA) is 108 Å². The Morgan fingerprint density at radius 3 is 2.82 bits per heavy atom. The summed E-state index contributed by atoms with van der Waals surface area (Å²) in [6, 6.07) is 4.78. The second-order valence-electron chi connectivity index (χ2n) is 8.54. The van der Waals surface area contributed by atoms with Crippen LogP contribution in [-0.2, 0) is 0 Å². The largest absolute Gasteiger partial charge is 0.365 e. The highest BCUT2D eigenvalue weighted by atomic mass is 19.1. The van der Waals surface area contributed by atoms with Gasteiger partial charge in [0, 0.05) is 35.4 Å². The molecule has 1 saturated carbocycles. The Morgan fingerprint density at radius 1 is 1.12 bits per heavy atom. The van der Waals surface area contributed by atoms with Crippen LogP contribution in [0.4, 0.5) is 14.6 Å². The summed E-state index contributed by atoms with van der Waals surface area (Å²) in [5, 5.41) is 6.72. The van der Waals surface area contributed by atoms with Gasteiger partial charge in [-0.25, -0.2) is 23.7 Å². The number of rotatable bonds is 5. The number of nitrogens with zero attached hydrogens (tertiary/aromatic N) is 4. The van der Waals surface area contributed by atoms with Gasteiger partial charge in [-0.1, -0.05) is 0 Å². The van der Waals surface area contributed by atoms with Gasteiger partial charge in [0.15, 0.2) is 17.5 Å². The lowest BCUT2D eigenvalue weighted by atomic mass is 9.91. The Balaban J connectivity index is 1.31. The van der Waals surface area contributed by atoms with Crippen molar-refractivity contribution in [2.45, 2.75) is 44.7 Å². The van der Waals surface area contributed by atoms with Crippen molar-refractivity contribution >= 4 is 22.8 Å². The molecule has 2 atom stereocenters. The third kappa shape index (κ3) is 4.57. The van der Waals surface area contributed by atoms with Crippen molar-refractivity contribution in [2.75, 3.05) is 5.32 Å². The monoisotopic (exact) mass is 463 g/mol. The van der Waals surface area contributed by atoms with E-state index in [9.17, 15) is 13.6 Å². The van der Waals surface area contributed by atoms with Crippen molar-refractivity contribution in [3.05, 3.63) is 65.9 Å². The van der Waals surface area contributed by atoms with E-state index in [0.29, 0.717) is 28.7 Å². The van der Waals surface area contributed by atoms with Gasteiger partial charge in [-0.15, -0.1) is 0 Å². The van der Waals surface area contributed by atoms with Crippen molar-refractivity contribution in [3.8, 4) is 11.4 Å². The molecule has 174 valence electrons. The Labute approximate surface area is 194 Å². The van der Waals surface area contributed by atoms with Crippen LogP contribution in [0.15, 0.2) is 43.0 Å². The third-order valence-electron chi connectivity index (χ3n) is 5.98. The van der Waals surface area contributed by atoms with Gasteiger partial charge in [0.25, 0.3) is 5.91 Å². The summed E-state index contributed by atoms with van der Waals surface area (Å²) in [6.45, 7) is 1.91. The number of pyridine rings is 2. The number of hydrogen-bond donors (Lipinski definition) is 3. The highest BCUT2D eigenvalue weighted by Gasteiger charge is 2.25. The minimum Gasteiger partial charge on any atom is -0.365 e. The van der Waals surface area contributed by atoms with E-state index in [1.54, 1.807) is 18.5 Å². The van der Waals surface area contributed by atoms with Crippen LogP contribution in [0.1, 0.15) is 41.7 Å². The number of aromatic amines is 1. The molecule has 4 heterocycles. The number of amides is 1. The molecule has 0 unspecified atom stereocenters. The van der Waals surface area contributed by atoms with E-state index in [1.807, 2.05) is 13.0 Å². The number of fused-ring (bicyclic) bond motifs is 1. The Bertz CT molecular complexity index is 1360. The molecule has 1 fully saturated rings. The van der Waals surface area contributed by atoms with Crippen LogP contribution in [-0.4, -0.2) is 42.9 Å². The Morgan fingerprint density at radius 2 is 1.97 bits per heavy atom. The molecule has 0 spiro atoms. The van der Waals surface area contributed by atoms with Crippen LogP contribution in [0, 0.1) is 18.6 Å². The lowest BCUT2D eigenvalue weighted by Crippen LogP contribution is -2.42. The number of halogens is 2. The number of aryl methyl sites for hydroxylation is 1. The molecule has 4 aromatic rings. The van der Waals surface area contributed by atoms with Crippen molar-refractivity contribution in [1.82, 2.24) is 30.2 Å². The SMILES string of the molecule is Cc1ccnc(C(=O)N[C@H]2CCC[C@@H](Nc3nc(-c4c[nH]c5ncc(F)cc45)ncc3F)C2)c1. The van der Waals surface area contributed by atoms with Gasteiger partial charge in [0.1, 0.15) is 17.2 Å². The standard InChI is InChI=1S/C24H23F2N7O/c1-13-5-6-27-20(7-13)24(34)32-16-4-2-3-15(9-16)31-23-19(26)12-30-22(33-23)18-11-29-21-17(18)8-14(25)10-28-21/h5-8,10-12,15-16H,2-4,9H2,1H3,(H,28,29)(H,32,34)(H,30,31,33)/t15-,16+/m1/s1. The molecule has 34 heavy (non-hydrogen) atoms. The molecular formula is C24H23F2N7O. The fourth-order valence-electron chi connectivity index (χ4n) is 4.33. The first-order valence-electron chi connectivity index (χ1n) is 11.1. The molecule has 4 aromatic heterocycles. The van der Waals surface area contributed by atoms with Crippen LogP contribution in [0.2, 0.25) is 0 Å². The predicted octanol–water partition coefficient (Wildman–Crippen LogP) is 4.15. The van der Waals surface area contributed by atoms with E-state index in [1.165, 1.54) is 6.07 Å². The van der Waals surface area contributed by atoms with Crippen LogP contribution in [0.3, 0.4) is 0 Å². The van der Waals surface area contributed by atoms with Crippen LogP contribution >= 0.6 is 0 Å². The van der Waals surface area contributed by atoms with E-state index >= 15 is 0 Å².